The van der Waals surface area contributed by atoms with E-state index in [0.717, 1.165) is 5.75 Å². The topological polar surface area (TPSA) is 54.4 Å². The first-order valence-corrected chi connectivity index (χ1v) is 4.04. The van der Waals surface area contributed by atoms with Gasteiger partial charge in [0.05, 0.1) is 0 Å². The van der Waals surface area contributed by atoms with Gasteiger partial charge < -0.3 is 4.55 Å². The molecule has 0 atom stereocenters. The Morgan fingerprint density at radius 3 is 1.33 bits per heavy atom. The largest absolute Gasteiger partial charge is 0.309 e. The third-order valence-electron chi connectivity index (χ3n) is 0.502. The summed E-state index contributed by atoms with van der Waals surface area (Å²) >= 11 is 0. The van der Waals surface area contributed by atoms with Crippen LogP contribution in [0.25, 0.3) is 0 Å². The minimum absolute atomic E-state index is 0. The molecular formula is C5H11O3SY3-. The maximum atomic E-state index is 10.1. The van der Waals surface area contributed by atoms with Crippen LogP contribution in [-0.4, -0.2) is 13.0 Å². The predicted octanol–water partition coefficient (Wildman–Crippen LogP) is 1.07. The fourth-order valence-electron chi connectivity index (χ4n) is 0.447. The zero-order valence-corrected chi connectivity index (χ0v) is 16.8. The molecule has 7 heteroatoms. The average Bonchev–Trinajstić information content (AvgIpc) is 1.14. The van der Waals surface area contributed by atoms with Crippen LogP contribution < -0.4 is 0 Å². The van der Waals surface area contributed by atoms with Gasteiger partial charge in [0.1, 0.15) is 10.1 Å². The number of hydrogen-bond donors (Lipinski definition) is 1. The van der Waals surface area contributed by atoms with Crippen molar-refractivity contribution >= 4 is 10.1 Å². The van der Waals surface area contributed by atoms with Gasteiger partial charge in [0.25, 0.3) is 0 Å². The van der Waals surface area contributed by atoms with Gasteiger partial charge in [-0.1, -0.05) is 20.8 Å². The molecule has 0 heterocycles. The van der Waals surface area contributed by atoms with Crippen molar-refractivity contribution in [2.24, 2.45) is 5.41 Å². The first-order valence-electron chi connectivity index (χ1n) is 2.54. The second-order valence-corrected chi connectivity index (χ2v) is 4.26. The summed E-state index contributed by atoms with van der Waals surface area (Å²) in [5, 5.41) is 0. The molecule has 3 nitrogen and oxygen atoms in total. The van der Waals surface area contributed by atoms with Gasteiger partial charge in [-0.25, -0.2) is 8.42 Å². The Morgan fingerprint density at radius 1 is 1.08 bits per heavy atom. The molecule has 0 spiro atoms. The monoisotopic (exact) mass is 418 g/mol. The molecule has 0 aromatic rings. The Kier molecular flexibility index (Phi) is 19.2. The predicted molar refractivity (Wildman–Crippen MR) is 35.3 cm³/mol. The van der Waals surface area contributed by atoms with Crippen LogP contribution in [0.4, 0.5) is 0 Å². The van der Waals surface area contributed by atoms with Crippen LogP contribution >= 0.6 is 0 Å². The van der Waals surface area contributed by atoms with Crippen molar-refractivity contribution in [1.29, 1.82) is 0 Å². The summed E-state index contributed by atoms with van der Waals surface area (Å²) in [6.45, 7) is 5.09. The maximum absolute atomic E-state index is 10.1. The third-order valence-corrected chi connectivity index (χ3v) is 1.51. The van der Waals surface area contributed by atoms with Crippen molar-refractivity contribution in [2.75, 3.05) is 0 Å². The molecule has 3 radical (unpaired) electrons. The van der Waals surface area contributed by atoms with Gasteiger partial charge in [-0.3, -0.25) is 0 Å². The fraction of sp³-hybridized carbons (Fsp3) is 0.800. The Morgan fingerprint density at radius 2 is 1.33 bits per heavy atom. The smallest absolute Gasteiger partial charge is 0.134 e. The molecule has 1 N–H and O–H groups in total. The molecule has 0 aromatic heterocycles. The molecule has 0 bridgehead atoms. The first kappa shape index (κ1) is 24.4. The van der Waals surface area contributed by atoms with Crippen LogP contribution in [0.5, 0.6) is 0 Å². The van der Waals surface area contributed by atoms with Crippen LogP contribution in [0, 0.1) is 11.2 Å². The van der Waals surface area contributed by atoms with E-state index in [4.69, 9.17) is 4.55 Å². The summed E-state index contributed by atoms with van der Waals surface area (Å²) in [5.41, 5.74) is -0.479. The van der Waals surface area contributed by atoms with Crippen LogP contribution in [0.2, 0.25) is 0 Å². The average molecular weight is 418 g/mol. The summed E-state index contributed by atoms with van der Waals surface area (Å²) in [6.07, 6.45) is 0. The third kappa shape index (κ3) is 23.2. The Hall–Kier alpha value is 3.22. The van der Waals surface area contributed by atoms with Crippen molar-refractivity contribution in [3.05, 3.63) is 5.75 Å². The first-order chi connectivity index (χ1) is 3.71. The standard InChI is InChI=1S/C5H11O3S.3Y/c1-5(2,3)4-9(6,7)8;;;/h4H,1-3H3,(H,6,7,8);;;/q-1;;;. The maximum Gasteiger partial charge on any atom is 0.134 e. The second kappa shape index (κ2) is 9.45. The summed E-state index contributed by atoms with van der Waals surface area (Å²) in [5.74, 6) is 0.903. The van der Waals surface area contributed by atoms with Gasteiger partial charge >= 0.3 is 0 Å². The molecule has 0 fully saturated rings. The van der Waals surface area contributed by atoms with Gasteiger partial charge in [-0.2, -0.15) is 5.75 Å². The van der Waals surface area contributed by atoms with E-state index in [-0.39, 0.29) is 98.1 Å². The number of rotatable bonds is 1. The zero-order chi connectivity index (χ0) is 7.71. The molecule has 0 saturated carbocycles. The van der Waals surface area contributed by atoms with E-state index in [1.54, 1.807) is 20.8 Å². The van der Waals surface area contributed by atoms with Gasteiger partial charge in [0.2, 0.25) is 0 Å². The molecule has 0 rings (SSSR count). The minimum atomic E-state index is -3.91. The van der Waals surface area contributed by atoms with Gasteiger partial charge in [0, 0.05) is 98.1 Å². The summed E-state index contributed by atoms with van der Waals surface area (Å²) < 4.78 is 28.6. The van der Waals surface area contributed by atoms with Crippen LogP contribution in [-0.2, 0) is 108 Å². The Balaban J connectivity index is -0.000000107. The molecule has 0 aromatic carbocycles. The Labute approximate surface area is 150 Å². The molecule has 0 aliphatic carbocycles. The van der Waals surface area contributed by atoms with Crippen molar-refractivity contribution < 1.29 is 111 Å². The molecule has 0 saturated heterocycles. The SMILES string of the molecule is CC(C)(C)[CH-]S(=O)(=O)O.[Y].[Y].[Y]. The van der Waals surface area contributed by atoms with E-state index in [0.29, 0.717) is 0 Å². The van der Waals surface area contributed by atoms with E-state index < -0.39 is 15.5 Å². The second-order valence-electron chi connectivity index (χ2n) is 3.00. The fourth-order valence-corrected chi connectivity index (χ4v) is 1.34. The van der Waals surface area contributed by atoms with E-state index >= 15 is 0 Å². The molecule has 0 aliphatic heterocycles. The van der Waals surface area contributed by atoms with Crippen LogP contribution in [0.15, 0.2) is 0 Å². The Bertz CT molecular complexity index is 183. The quantitative estimate of drug-likeness (QED) is 0.513. The van der Waals surface area contributed by atoms with Crippen molar-refractivity contribution in [3.8, 4) is 0 Å². The van der Waals surface area contributed by atoms with E-state index in [1.807, 2.05) is 0 Å². The van der Waals surface area contributed by atoms with Crippen molar-refractivity contribution in [2.45, 2.75) is 20.8 Å². The zero-order valence-electron chi connectivity index (χ0n) is 7.48. The van der Waals surface area contributed by atoms with Crippen molar-refractivity contribution in [1.82, 2.24) is 0 Å². The van der Waals surface area contributed by atoms with Gasteiger partial charge in [-0.15, -0.1) is 5.41 Å². The molecule has 0 aliphatic rings. The normalized spacial score (nSPS) is 10.3. The molecule has 0 unspecified atom stereocenters. The van der Waals surface area contributed by atoms with E-state index in [1.165, 1.54) is 0 Å². The van der Waals surface area contributed by atoms with Gasteiger partial charge in [0.15, 0.2) is 0 Å². The molecule has 12 heavy (non-hydrogen) atoms. The minimum Gasteiger partial charge on any atom is -0.309 e. The van der Waals surface area contributed by atoms with Crippen LogP contribution in [0.3, 0.4) is 0 Å². The summed E-state index contributed by atoms with van der Waals surface area (Å²) in [6, 6.07) is 0. The van der Waals surface area contributed by atoms with Gasteiger partial charge in [-0.05, 0) is 0 Å². The molecule has 0 amide bonds. The molecular weight excluding hydrogens is 407 g/mol. The van der Waals surface area contributed by atoms with Crippen LogP contribution in [0.1, 0.15) is 20.8 Å². The number of hydrogen-bond acceptors (Lipinski definition) is 2. The summed E-state index contributed by atoms with van der Waals surface area (Å²) in [4.78, 5) is 0. The van der Waals surface area contributed by atoms with E-state index in [9.17, 15) is 8.42 Å². The summed E-state index contributed by atoms with van der Waals surface area (Å²) in [7, 11) is -3.91. The molecule has 65 valence electrons. The van der Waals surface area contributed by atoms with Crippen molar-refractivity contribution in [3.63, 3.8) is 0 Å². The van der Waals surface area contributed by atoms with E-state index in [2.05, 4.69) is 0 Å².